The summed E-state index contributed by atoms with van der Waals surface area (Å²) in [5.41, 5.74) is 1.69. The number of nitro benzene ring substituents is 1. The predicted molar refractivity (Wildman–Crippen MR) is 123 cm³/mol. The Hall–Kier alpha value is -4.33. The number of carbonyl (C=O) groups is 1. The Balaban J connectivity index is 1.99. The van der Waals surface area contributed by atoms with Crippen molar-refractivity contribution in [1.29, 1.82) is 0 Å². The minimum atomic E-state index is -0.483. The number of ether oxygens (including phenoxy) is 4. The van der Waals surface area contributed by atoms with Crippen LogP contribution in [-0.2, 0) is 6.61 Å². The molecule has 0 atom stereocenters. The topological polar surface area (TPSA) is 97.1 Å². The molecule has 8 heteroatoms. The molecule has 0 aromatic heterocycles. The van der Waals surface area contributed by atoms with Crippen molar-refractivity contribution in [3.05, 3.63) is 93.5 Å². The average molecular weight is 449 g/mol. The molecule has 33 heavy (non-hydrogen) atoms. The van der Waals surface area contributed by atoms with E-state index in [0.717, 1.165) is 5.56 Å². The van der Waals surface area contributed by atoms with Gasteiger partial charge < -0.3 is 18.9 Å². The summed E-state index contributed by atoms with van der Waals surface area (Å²) in [6.07, 6.45) is 2.91. The van der Waals surface area contributed by atoms with Gasteiger partial charge in [0.05, 0.1) is 26.3 Å². The summed E-state index contributed by atoms with van der Waals surface area (Å²) in [4.78, 5) is 23.6. The van der Waals surface area contributed by atoms with Crippen molar-refractivity contribution in [2.45, 2.75) is 6.61 Å². The van der Waals surface area contributed by atoms with Crippen molar-refractivity contribution < 1.29 is 28.7 Å². The second-order valence-electron chi connectivity index (χ2n) is 6.84. The third-order valence-electron chi connectivity index (χ3n) is 4.81. The monoisotopic (exact) mass is 449 g/mol. The summed E-state index contributed by atoms with van der Waals surface area (Å²) in [5.74, 6) is 0.673. The second-order valence-corrected chi connectivity index (χ2v) is 6.84. The highest BCUT2D eigenvalue weighted by molar-refractivity contribution is 6.11. The highest BCUT2D eigenvalue weighted by Crippen LogP contribution is 2.45. The van der Waals surface area contributed by atoms with Crippen LogP contribution in [0.15, 0.2) is 66.7 Å². The third-order valence-corrected chi connectivity index (χ3v) is 4.81. The molecule has 0 heterocycles. The fourth-order valence-electron chi connectivity index (χ4n) is 3.18. The van der Waals surface area contributed by atoms with Crippen LogP contribution in [0.3, 0.4) is 0 Å². The zero-order valence-corrected chi connectivity index (χ0v) is 18.4. The van der Waals surface area contributed by atoms with Crippen LogP contribution in [0, 0.1) is 10.1 Å². The molecule has 0 aliphatic heterocycles. The molecule has 0 aliphatic rings. The lowest BCUT2D eigenvalue weighted by molar-refractivity contribution is -0.384. The van der Waals surface area contributed by atoms with Crippen LogP contribution in [-0.4, -0.2) is 32.0 Å². The molecule has 170 valence electrons. The van der Waals surface area contributed by atoms with E-state index in [1.54, 1.807) is 24.3 Å². The molecule has 0 bridgehead atoms. The maximum absolute atomic E-state index is 13.2. The van der Waals surface area contributed by atoms with E-state index in [0.29, 0.717) is 11.3 Å². The molecule has 0 fully saturated rings. The van der Waals surface area contributed by atoms with Crippen LogP contribution in [0.5, 0.6) is 23.0 Å². The first-order valence-corrected chi connectivity index (χ1v) is 9.95. The van der Waals surface area contributed by atoms with Gasteiger partial charge in [-0.1, -0.05) is 36.4 Å². The van der Waals surface area contributed by atoms with E-state index in [1.165, 1.54) is 39.5 Å². The van der Waals surface area contributed by atoms with E-state index in [-0.39, 0.29) is 35.1 Å². The van der Waals surface area contributed by atoms with Gasteiger partial charge in [0.1, 0.15) is 17.9 Å². The molecule has 3 rings (SSSR count). The predicted octanol–water partition coefficient (Wildman–Crippen LogP) is 5.10. The summed E-state index contributed by atoms with van der Waals surface area (Å²) in [5, 5.41) is 10.8. The molecular formula is C25H23NO7. The Morgan fingerprint density at radius 3 is 2.15 bits per heavy atom. The molecule has 0 spiro atoms. The summed E-state index contributed by atoms with van der Waals surface area (Å²) in [6.45, 7) is 0.228. The van der Waals surface area contributed by atoms with Crippen molar-refractivity contribution in [1.82, 2.24) is 0 Å². The highest BCUT2D eigenvalue weighted by atomic mass is 16.6. The molecule has 0 amide bonds. The molecule has 3 aromatic rings. The summed E-state index contributed by atoms with van der Waals surface area (Å²) < 4.78 is 22.3. The number of allylic oxidation sites excluding steroid dienone is 1. The van der Waals surface area contributed by atoms with Gasteiger partial charge in [-0.3, -0.25) is 14.9 Å². The fourth-order valence-corrected chi connectivity index (χ4v) is 3.18. The number of benzene rings is 3. The van der Waals surface area contributed by atoms with Crippen LogP contribution in [0.2, 0.25) is 0 Å². The molecule has 0 aliphatic carbocycles. The first-order chi connectivity index (χ1) is 16.0. The Morgan fingerprint density at radius 2 is 1.58 bits per heavy atom. The number of carbonyl (C=O) groups excluding carboxylic acids is 1. The van der Waals surface area contributed by atoms with Crippen LogP contribution in [0.25, 0.3) is 6.08 Å². The molecule has 0 N–H and O–H groups in total. The molecule has 3 aromatic carbocycles. The fraction of sp³-hybridized carbons (Fsp3) is 0.160. The van der Waals surface area contributed by atoms with Crippen molar-refractivity contribution in [2.24, 2.45) is 0 Å². The Bertz CT molecular complexity index is 1160. The summed E-state index contributed by atoms with van der Waals surface area (Å²) in [7, 11) is 4.36. The van der Waals surface area contributed by atoms with E-state index < -0.39 is 10.7 Å². The Morgan fingerprint density at radius 1 is 0.909 bits per heavy atom. The molecule has 0 unspecified atom stereocenters. The van der Waals surface area contributed by atoms with Crippen LogP contribution in [0.4, 0.5) is 5.69 Å². The number of hydrogen-bond donors (Lipinski definition) is 0. The van der Waals surface area contributed by atoms with Crippen LogP contribution in [0.1, 0.15) is 21.5 Å². The molecule has 8 nitrogen and oxygen atoms in total. The third kappa shape index (κ3) is 5.48. The number of methoxy groups -OCH3 is 3. The van der Waals surface area contributed by atoms with Gasteiger partial charge in [0.15, 0.2) is 17.3 Å². The summed E-state index contributed by atoms with van der Waals surface area (Å²) in [6, 6.07) is 17.0. The second kappa shape index (κ2) is 10.8. The lowest BCUT2D eigenvalue weighted by atomic mass is 10.0. The lowest BCUT2D eigenvalue weighted by Gasteiger charge is -2.18. The Kier molecular flexibility index (Phi) is 7.64. The van der Waals surface area contributed by atoms with Gasteiger partial charge in [0.25, 0.3) is 5.69 Å². The van der Waals surface area contributed by atoms with Gasteiger partial charge >= 0.3 is 0 Å². The first kappa shape index (κ1) is 23.3. The van der Waals surface area contributed by atoms with Gasteiger partial charge in [0.2, 0.25) is 5.75 Å². The molecule has 0 radical (unpaired) electrons. The number of hydrogen-bond acceptors (Lipinski definition) is 7. The van der Waals surface area contributed by atoms with Gasteiger partial charge in [-0.15, -0.1) is 0 Å². The van der Waals surface area contributed by atoms with Crippen molar-refractivity contribution >= 4 is 17.5 Å². The van der Waals surface area contributed by atoms with Crippen molar-refractivity contribution in [2.75, 3.05) is 21.3 Å². The van der Waals surface area contributed by atoms with E-state index in [2.05, 4.69) is 0 Å². The van der Waals surface area contributed by atoms with Crippen LogP contribution >= 0.6 is 0 Å². The van der Waals surface area contributed by atoms with Crippen molar-refractivity contribution in [3.63, 3.8) is 0 Å². The zero-order valence-electron chi connectivity index (χ0n) is 18.4. The number of ketones is 1. The normalized spacial score (nSPS) is 10.6. The van der Waals surface area contributed by atoms with E-state index in [9.17, 15) is 14.9 Å². The Labute approximate surface area is 191 Å². The van der Waals surface area contributed by atoms with Crippen LogP contribution < -0.4 is 18.9 Å². The van der Waals surface area contributed by atoms with E-state index in [4.69, 9.17) is 18.9 Å². The van der Waals surface area contributed by atoms with E-state index >= 15 is 0 Å². The van der Waals surface area contributed by atoms with Gasteiger partial charge in [-0.05, 0) is 29.3 Å². The largest absolute Gasteiger partial charge is 0.493 e. The number of nitro groups is 1. The lowest BCUT2D eigenvalue weighted by Crippen LogP contribution is -2.07. The average Bonchev–Trinajstić information content (AvgIpc) is 2.85. The van der Waals surface area contributed by atoms with Crippen molar-refractivity contribution in [3.8, 4) is 23.0 Å². The minimum Gasteiger partial charge on any atom is -0.493 e. The summed E-state index contributed by atoms with van der Waals surface area (Å²) >= 11 is 0. The number of rotatable bonds is 10. The molecule has 0 saturated heterocycles. The molecular weight excluding hydrogens is 426 g/mol. The minimum absolute atomic E-state index is 0.0309. The van der Waals surface area contributed by atoms with Gasteiger partial charge in [-0.2, -0.15) is 0 Å². The highest BCUT2D eigenvalue weighted by Gasteiger charge is 2.25. The number of nitrogens with zero attached hydrogens (tertiary/aromatic N) is 1. The molecule has 0 saturated carbocycles. The number of non-ortho nitro benzene ring substituents is 1. The zero-order chi connectivity index (χ0) is 23.8. The maximum atomic E-state index is 13.2. The van der Waals surface area contributed by atoms with Gasteiger partial charge in [-0.25, -0.2) is 0 Å². The van der Waals surface area contributed by atoms with Gasteiger partial charge in [0, 0.05) is 18.2 Å². The standard InChI is InChI=1S/C25H23NO7/c1-30-22-15-21(33-16-18-7-5-4-6-8-18)23(25(32-3)24(22)31-2)20(27)14-11-17-9-12-19(13-10-17)26(28)29/h4-15H,16H2,1-3H3. The SMILES string of the molecule is COc1cc(OCc2ccccc2)c(C(=O)C=Cc2ccc([N+](=O)[O-])cc2)c(OC)c1OC. The smallest absolute Gasteiger partial charge is 0.269 e. The first-order valence-electron chi connectivity index (χ1n) is 9.95. The maximum Gasteiger partial charge on any atom is 0.269 e. The quantitative estimate of drug-likeness (QED) is 0.184. The van der Waals surface area contributed by atoms with E-state index in [1.807, 2.05) is 30.3 Å².